The molecule has 1 aromatic carbocycles. The summed E-state index contributed by atoms with van der Waals surface area (Å²) < 4.78 is 5.47. The number of hydrogen-bond acceptors (Lipinski definition) is 3. The zero-order valence-corrected chi connectivity index (χ0v) is 10.4. The van der Waals surface area contributed by atoms with Gasteiger partial charge >= 0.3 is 5.97 Å². The van der Waals surface area contributed by atoms with Gasteiger partial charge in [-0.15, -0.1) is 0 Å². The van der Waals surface area contributed by atoms with Gasteiger partial charge in [0, 0.05) is 12.0 Å². The molecule has 0 amide bonds. The molecule has 2 N–H and O–H groups in total. The lowest BCUT2D eigenvalue weighted by atomic mass is 9.75. The molecule has 1 heterocycles. The minimum Gasteiger partial charge on any atom is -0.493 e. The van der Waals surface area contributed by atoms with E-state index in [4.69, 9.17) is 4.74 Å². The first kappa shape index (κ1) is 12.9. The average Bonchev–Trinajstić information content (AvgIpc) is 2.36. The topological polar surface area (TPSA) is 66.8 Å². The molecule has 4 heteroatoms. The van der Waals surface area contributed by atoms with Gasteiger partial charge in [-0.2, -0.15) is 0 Å². The highest BCUT2D eigenvalue weighted by molar-refractivity contribution is 5.72. The lowest BCUT2D eigenvalue weighted by molar-refractivity contribution is -0.156. The molecule has 1 aliphatic heterocycles. The molecule has 0 spiro atoms. The van der Waals surface area contributed by atoms with Gasteiger partial charge in [0.2, 0.25) is 0 Å². The van der Waals surface area contributed by atoms with E-state index in [2.05, 4.69) is 0 Å². The van der Waals surface area contributed by atoms with E-state index in [0.29, 0.717) is 30.8 Å². The van der Waals surface area contributed by atoms with Gasteiger partial charge in [-0.3, -0.25) is 4.79 Å². The highest BCUT2D eigenvalue weighted by Gasteiger charge is 2.45. The lowest BCUT2D eigenvalue weighted by Gasteiger charge is -2.38. The highest BCUT2D eigenvalue weighted by atomic mass is 16.5. The van der Waals surface area contributed by atoms with Crippen LogP contribution >= 0.6 is 0 Å². The van der Waals surface area contributed by atoms with Crippen molar-refractivity contribution in [2.75, 3.05) is 6.61 Å². The van der Waals surface area contributed by atoms with Gasteiger partial charge in [-0.25, -0.2) is 0 Å². The summed E-state index contributed by atoms with van der Waals surface area (Å²) in [5.41, 5.74) is -0.728. The van der Waals surface area contributed by atoms with Crippen molar-refractivity contribution in [3.05, 3.63) is 29.8 Å². The molecule has 2 unspecified atom stereocenters. The molecule has 18 heavy (non-hydrogen) atoms. The van der Waals surface area contributed by atoms with Crippen LogP contribution in [0.4, 0.5) is 0 Å². The van der Waals surface area contributed by atoms with Crippen LogP contribution in [0, 0.1) is 5.92 Å². The Kier molecular flexibility index (Phi) is 3.57. The normalized spacial score (nSPS) is 23.9. The van der Waals surface area contributed by atoms with Gasteiger partial charge in [-0.1, -0.05) is 31.5 Å². The van der Waals surface area contributed by atoms with Crippen molar-refractivity contribution < 1.29 is 19.7 Å². The second-order valence-electron chi connectivity index (χ2n) is 4.70. The maximum absolute atomic E-state index is 11.4. The molecular weight excluding hydrogens is 232 g/mol. The van der Waals surface area contributed by atoms with Crippen LogP contribution in [0.3, 0.4) is 0 Å². The molecule has 4 nitrogen and oxygen atoms in total. The molecule has 98 valence electrons. The van der Waals surface area contributed by atoms with Crippen LogP contribution in [0.1, 0.15) is 31.7 Å². The number of carboxylic acid groups (broad SMARTS) is 1. The zero-order valence-electron chi connectivity index (χ0n) is 10.4. The van der Waals surface area contributed by atoms with Crippen LogP contribution < -0.4 is 4.74 Å². The number of aliphatic carboxylic acids is 1. The monoisotopic (exact) mass is 250 g/mol. The number of para-hydroxylation sites is 1. The fourth-order valence-electron chi connectivity index (χ4n) is 2.62. The number of rotatable bonds is 4. The van der Waals surface area contributed by atoms with Crippen molar-refractivity contribution >= 4 is 5.97 Å². The van der Waals surface area contributed by atoms with Crippen molar-refractivity contribution in [2.45, 2.75) is 31.8 Å². The molecule has 0 aromatic heterocycles. The number of hydrogen-bond donors (Lipinski definition) is 2. The van der Waals surface area contributed by atoms with Crippen LogP contribution in [0.5, 0.6) is 5.75 Å². The lowest BCUT2D eigenvalue weighted by Crippen LogP contribution is -2.43. The smallest absolute Gasteiger partial charge is 0.309 e. The maximum atomic E-state index is 11.4. The number of benzene rings is 1. The minimum absolute atomic E-state index is 0.320. The summed E-state index contributed by atoms with van der Waals surface area (Å²) >= 11 is 0. The fraction of sp³-hybridized carbons (Fsp3) is 0.500. The van der Waals surface area contributed by atoms with Crippen molar-refractivity contribution in [3.63, 3.8) is 0 Å². The molecule has 2 rings (SSSR count). The van der Waals surface area contributed by atoms with E-state index in [0.717, 1.165) is 6.42 Å². The molecular formula is C14H18O4. The molecule has 0 fully saturated rings. The fourth-order valence-corrected chi connectivity index (χ4v) is 2.62. The minimum atomic E-state index is -1.32. The molecule has 0 bridgehead atoms. The largest absolute Gasteiger partial charge is 0.493 e. The van der Waals surface area contributed by atoms with Gasteiger partial charge in [0.15, 0.2) is 0 Å². The van der Waals surface area contributed by atoms with Gasteiger partial charge in [0.25, 0.3) is 0 Å². The van der Waals surface area contributed by atoms with Crippen LogP contribution in [0.2, 0.25) is 0 Å². The van der Waals surface area contributed by atoms with E-state index < -0.39 is 17.5 Å². The molecule has 0 radical (unpaired) electrons. The summed E-state index contributed by atoms with van der Waals surface area (Å²) in [5, 5.41) is 20.2. The molecule has 2 atom stereocenters. The third-order valence-corrected chi connectivity index (χ3v) is 3.55. The standard InChI is InChI=1S/C14H18O4/c1-2-5-11(13(15)16)14(17)8-9-18-12-7-4-3-6-10(12)14/h3-4,6-7,11,17H,2,5,8-9H2,1H3,(H,15,16). The first-order chi connectivity index (χ1) is 8.59. The van der Waals surface area contributed by atoms with E-state index in [1.54, 1.807) is 18.2 Å². The van der Waals surface area contributed by atoms with E-state index in [-0.39, 0.29) is 0 Å². The number of carbonyl (C=O) groups is 1. The van der Waals surface area contributed by atoms with E-state index in [1.165, 1.54) is 0 Å². The number of aliphatic hydroxyl groups is 1. The van der Waals surface area contributed by atoms with Crippen LogP contribution in [-0.4, -0.2) is 22.8 Å². The Labute approximate surface area is 106 Å². The number of ether oxygens (including phenoxy) is 1. The number of carboxylic acids is 1. The van der Waals surface area contributed by atoms with Crippen LogP contribution in [0.25, 0.3) is 0 Å². The summed E-state index contributed by atoms with van der Waals surface area (Å²) in [7, 11) is 0. The Hall–Kier alpha value is -1.55. The van der Waals surface area contributed by atoms with Crippen LogP contribution in [-0.2, 0) is 10.4 Å². The van der Waals surface area contributed by atoms with Crippen molar-refractivity contribution in [1.82, 2.24) is 0 Å². The quantitative estimate of drug-likeness (QED) is 0.859. The average molecular weight is 250 g/mol. The summed E-state index contributed by atoms with van der Waals surface area (Å²) in [6.07, 6.45) is 1.50. The number of fused-ring (bicyclic) bond motifs is 1. The van der Waals surface area contributed by atoms with Crippen molar-refractivity contribution in [2.24, 2.45) is 5.92 Å². The third kappa shape index (κ3) is 2.08. The molecule has 1 aromatic rings. The van der Waals surface area contributed by atoms with Crippen molar-refractivity contribution in [1.29, 1.82) is 0 Å². The van der Waals surface area contributed by atoms with Crippen LogP contribution in [0.15, 0.2) is 24.3 Å². The van der Waals surface area contributed by atoms with Gasteiger partial charge in [0.1, 0.15) is 11.4 Å². The predicted molar refractivity (Wildman–Crippen MR) is 66.5 cm³/mol. The Morgan fingerprint density at radius 3 is 2.89 bits per heavy atom. The second-order valence-corrected chi connectivity index (χ2v) is 4.70. The predicted octanol–water partition coefficient (Wildman–Crippen LogP) is 2.16. The first-order valence-corrected chi connectivity index (χ1v) is 6.27. The summed E-state index contributed by atoms with van der Waals surface area (Å²) in [4.78, 5) is 11.4. The van der Waals surface area contributed by atoms with E-state index in [9.17, 15) is 15.0 Å². The van der Waals surface area contributed by atoms with Gasteiger partial charge < -0.3 is 14.9 Å². The maximum Gasteiger partial charge on any atom is 0.309 e. The summed E-state index contributed by atoms with van der Waals surface area (Å²) in [5.74, 6) is -1.14. The molecule has 0 saturated carbocycles. The molecule has 0 aliphatic carbocycles. The summed E-state index contributed by atoms with van der Waals surface area (Å²) in [6, 6.07) is 7.13. The van der Waals surface area contributed by atoms with Gasteiger partial charge in [-0.05, 0) is 12.5 Å². The Morgan fingerprint density at radius 1 is 1.50 bits per heavy atom. The molecule has 0 saturated heterocycles. The summed E-state index contributed by atoms with van der Waals surface area (Å²) in [6.45, 7) is 2.27. The Bertz CT molecular complexity index is 443. The highest BCUT2D eigenvalue weighted by Crippen LogP contribution is 2.43. The molecule has 1 aliphatic rings. The Morgan fingerprint density at radius 2 is 2.22 bits per heavy atom. The van der Waals surface area contributed by atoms with Gasteiger partial charge in [0.05, 0.1) is 12.5 Å². The van der Waals surface area contributed by atoms with E-state index >= 15 is 0 Å². The zero-order chi connectivity index (χ0) is 13.2. The first-order valence-electron chi connectivity index (χ1n) is 6.27. The van der Waals surface area contributed by atoms with Crippen molar-refractivity contribution in [3.8, 4) is 5.75 Å². The second kappa shape index (κ2) is 4.98. The van der Waals surface area contributed by atoms with E-state index in [1.807, 2.05) is 13.0 Å². The third-order valence-electron chi connectivity index (χ3n) is 3.55. The Balaban J connectivity index is 2.44. The SMILES string of the molecule is CCCC(C(=O)O)C1(O)CCOc2ccccc21.